The molecule has 0 spiro atoms. The van der Waals surface area contributed by atoms with Crippen molar-refractivity contribution in [3.8, 4) is 0 Å². The molecule has 0 radical (unpaired) electrons. The smallest absolute Gasteiger partial charge is 0.276 e. The number of hydrogen-bond donors (Lipinski definition) is 1. The molecule has 0 atom stereocenters. The summed E-state index contributed by atoms with van der Waals surface area (Å²) >= 11 is 0. The Bertz CT molecular complexity index is 758. The van der Waals surface area contributed by atoms with Crippen LogP contribution >= 0.6 is 0 Å². The first-order valence-corrected chi connectivity index (χ1v) is 6.16. The Morgan fingerprint density at radius 2 is 2.15 bits per heavy atom. The zero-order valence-corrected chi connectivity index (χ0v) is 11.1. The molecule has 0 aliphatic heterocycles. The monoisotopic (exact) mass is 271 g/mol. The maximum atomic E-state index is 12.3. The van der Waals surface area contributed by atoms with Gasteiger partial charge >= 0.3 is 0 Å². The van der Waals surface area contributed by atoms with Crippen molar-refractivity contribution >= 4 is 17.5 Å². The number of nitrogens with one attached hydrogen (secondary N) is 1. The molecule has 0 fully saturated rings. The number of rotatable bonds is 3. The standard InChI is InChI=1S/C12H13N7O/c1-8(2)19-9(3-4-14-19)11(20)15-12-17-16-10-7-13-5-6-18(10)12/h3-8H,1-2H3,(H,15,17,20). The van der Waals surface area contributed by atoms with Crippen molar-refractivity contribution in [1.29, 1.82) is 0 Å². The topological polar surface area (TPSA) is 90.0 Å². The summed E-state index contributed by atoms with van der Waals surface area (Å²) in [6.45, 7) is 3.92. The van der Waals surface area contributed by atoms with E-state index in [0.29, 0.717) is 17.3 Å². The van der Waals surface area contributed by atoms with Crippen LogP contribution in [0.4, 0.5) is 5.95 Å². The molecule has 0 unspecified atom stereocenters. The SMILES string of the molecule is CC(C)n1nccc1C(=O)Nc1nnc2cnccn12. The number of carbonyl (C=O) groups is 1. The van der Waals surface area contributed by atoms with Crippen LogP contribution in [0.5, 0.6) is 0 Å². The highest BCUT2D eigenvalue weighted by Gasteiger charge is 2.16. The lowest BCUT2D eigenvalue weighted by Gasteiger charge is -2.10. The third kappa shape index (κ3) is 2.00. The van der Waals surface area contributed by atoms with E-state index in [1.54, 1.807) is 39.9 Å². The minimum Gasteiger partial charge on any atom is -0.289 e. The Kier molecular flexibility index (Phi) is 2.90. The van der Waals surface area contributed by atoms with E-state index in [9.17, 15) is 4.79 Å². The first-order chi connectivity index (χ1) is 9.66. The highest BCUT2D eigenvalue weighted by molar-refractivity contribution is 6.02. The van der Waals surface area contributed by atoms with Crippen LogP contribution < -0.4 is 5.32 Å². The number of fused-ring (bicyclic) bond motifs is 1. The number of aromatic nitrogens is 6. The molecule has 0 saturated carbocycles. The van der Waals surface area contributed by atoms with Crippen LogP contribution in [-0.4, -0.2) is 35.3 Å². The number of hydrogen-bond acceptors (Lipinski definition) is 5. The Labute approximate surface area is 114 Å². The van der Waals surface area contributed by atoms with Gasteiger partial charge in [0, 0.05) is 24.6 Å². The second kappa shape index (κ2) is 4.72. The van der Waals surface area contributed by atoms with Gasteiger partial charge < -0.3 is 0 Å². The molecule has 8 nitrogen and oxygen atoms in total. The lowest BCUT2D eigenvalue weighted by Crippen LogP contribution is -2.20. The van der Waals surface area contributed by atoms with Crippen LogP contribution in [0.1, 0.15) is 30.4 Å². The summed E-state index contributed by atoms with van der Waals surface area (Å²) in [5.41, 5.74) is 1.05. The quantitative estimate of drug-likeness (QED) is 0.771. The van der Waals surface area contributed by atoms with Crippen LogP contribution in [0.25, 0.3) is 5.65 Å². The summed E-state index contributed by atoms with van der Waals surface area (Å²) in [6, 6.07) is 1.77. The highest BCUT2D eigenvalue weighted by atomic mass is 16.2. The van der Waals surface area contributed by atoms with Crippen molar-refractivity contribution in [2.24, 2.45) is 0 Å². The zero-order chi connectivity index (χ0) is 14.1. The van der Waals surface area contributed by atoms with Crippen LogP contribution in [0.2, 0.25) is 0 Å². The Morgan fingerprint density at radius 3 is 2.95 bits per heavy atom. The largest absolute Gasteiger partial charge is 0.289 e. The molecule has 3 aromatic heterocycles. The average molecular weight is 271 g/mol. The maximum absolute atomic E-state index is 12.3. The summed E-state index contributed by atoms with van der Waals surface area (Å²) in [5.74, 6) is 0.0752. The zero-order valence-electron chi connectivity index (χ0n) is 11.1. The summed E-state index contributed by atoms with van der Waals surface area (Å²) in [4.78, 5) is 16.2. The fourth-order valence-electron chi connectivity index (χ4n) is 1.91. The molecule has 3 aromatic rings. The van der Waals surface area contributed by atoms with Gasteiger partial charge in [0.15, 0.2) is 5.65 Å². The van der Waals surface area contributed by atoms with Crippen LogP contribution in [-0.2, 0) is 0 Å². The van der Waals surface area contributed by atoms with Crippen molar-refractivity contribution in [3.05, 3.63) is 36.5 Å². The molecule has 0 saturated heterocycles. The van der Waals surface area contributed by atoms with Crippen LogP contribution in [0.3, 0.4) is 0 Å². The van der Waals surface area contributed by atoms with E-state index >= 15 is 0 Å². The lowest BCUT2D eigenvalue weighted by atomic mass is 10.3. The van der Waals surface area contributed by atoms with E-state index in [4.69, 9.17) is 0 Å². The van der Waals surface area contributed by atoms with Gasteiger partial charge in [-0.15, -0.1) is 10.2 Å². The van der Waals surface area contributed by atoms with Crippen molar-refractivity contribution in [1.82, 2.24) is 29.4 Å². The lowest BCUT2D eigenvalue weighted by molar-refractivity contribution is 0.101. The molecule has 0 bridgehead atoms. The van der Waals surface area contributed by atoms with Crippen molar-refractivity contribution in [2.75, 3.05) is 5.32 Å². The van der Waals surface area contributed by atoms with E-state index in [2.05, 4.69) is 25.6 Å². The maximum Gasteiger partial charge on any atom is 0.276 e. The predicted molar refractivity (Wildman–Crippen MR) is 71.3 cm³/mol. The van der Waals surface area contributed by atoms with E-state index in [-0.39, 0.29) is 11.9 Å². The fourth-order valence-corrected chi connectivity index (χ4v) is 1.91. The van der Waals surface area contributed by atoms with Gasteiger partial charge in [0.2, 0.25) is 5.95 Å². The highest BCUT2D eigenvalue weighted by Crippen LogP contribution is 2.11. The summed E-state index contributed by atoms with van der Waals surface area (Å²) in [5, 5.41) is 14.7. The van der Waals surface area contributed by atoms with Gasteiger partial charge in [-0.3, -0.25) is 24.2 Å². The molecular formula is C12H13N7O. The van der Waals surface area contributed by atoms with Gasteiger partial charge in [0.05, 0.1) is 6.20 Å². The van der Waals surface area contributed by atoms with E-state index in [0.717, 1.165) is 0 Å². The van der Waals surface area contributed by atoms with Crippen molar-refractivity contribution in [3.63, 3.8) is 0 Å². The molecule has 0 aliphatic rings. The summed E-state index contributed by atoms with van der Waals surface area (Å²) < 4.78 is 3.31. The van der Waals surface area contributed by atoms with Crippen molar-refractivity contribution < 1.29 is 4.79 Å². The third-order valence-electron chi connectivity index (χ3n) is 2.83. The number of amides is 1. The molecule has 8 heteroatoms. The molecule has 1 amide bonds. The number of carbonyl (C=O) groups excluding carboxylic acids is 1. The third-order valence-corrected chi connectivity index (χ3v) is 2.83. The molecular weight excluding hydrogens is 258 g/mol. The average Bonchev–Trinajstić information content (AvgIpc) is 3.06. The fraction of sp³-hybridized carbons (Fsp3) is 0.250. The molecule has 1 N–H and O–H groups in total. The van der Waals surface area contributed by atoms with Gasteiger partial charge in [0.1, 0.15) is 5.69 Å². The predicted octanol–water partition coefficient (Wildman–Crippen LogP) is 1.15. The Hall–Kier alpha value is -2.77. The van der Waals surface area contributed by atoms with Gasteiger partial charge in [-0.05, 0) is 19.9 Å². The molecule has 3 rings (SSSR count). The van der Waals surface area contributed by atoms with Gasteiger partial charge in [-0.2, -0.15) is 5.10 Å². The normalized spacial score (nSPS) is 11.2. The Morgan fingerprint density at radius 1 is 1.30 bits per heavy atom. The van der Waals surface area contributed by atoms with Crippen LogP contribution in [0.15, 0.2) is 30.9 Å². The second-order valence-electron chi connectivity index (χ2n) is 4.54. The Balaban J connectivity index is 1.91. The number of anilines is 1. The minimum atomic E-state index is -0.276. The van der Waals surface area contributed by atoms with Crippen molar-refractivity contribution in [2.45, 2.75) is 19.9 Å². The second-order valence-corrected chi connectivity index (χ2v) is 4.54. The first kappa shape index (κ1) is 12.3. The minimum absolute atomic E-state index is 0.102. The molecule has 3 heterocycles. The van der Waals surface area contributed by atoms with Crippen LogP contribution in [0, 0.1) is 0 Å². The van der Waals surface area contributed by atoms with Gasteiger partial charge in [0.25, 0.3) is 5.91 Å². The molecule has 0 aliphatic carbocycles. The summed E-state index contributed by atoms with van der Waals surface area (Å²) in [6.07, 6.45) is 6.46. The summed E-state index contributed by atoms with van der Waals surface area (Å²) in [7, 11) is 0. The number of nitrogens with zero attached hydrogens (tertiary/aromatic N) is 6. The van der Waals surface area contributed by atoms with Gasteiger partial charge in [-0.25, -0.2) is 0 Å². The van der Waals surface area contributed by atoms with E-state index < -0.39 is 0 Å². The molecule has 102 valence electrons. The van der Waals surface area contributed by atoms with E-state index in [1.165, 1.54) is 0 Å². The molecule has 20 heavy (non-hydrogen) atoms. The van der Waals surface area contributed by atoms with Gasteiger partial charge in [-0.1, -0.05) is 0 Å². The molecule has 0 aromatic carbocycles. The first-order valence-electron chi connectivity index (χ1n) is 6.16. The van der Waals surface area contributed by atoms with E-state index in [1.807, 2.05) is 13.8 Å².